The van der Waals surface area contributed by atoms with Crippen LogP contribution in [0.5, 0.6) is 11.5 Å². The maximum atomic E-state index is 12.5. The number of rotatable bonds is 9. The van der Waals surface area contributed by atoms with Crippen LogP contribution >= 0.6 is 0 Å². The molecule has 31 heavy (non-hydrogen) atoms. The minimum atomic E-state index is -0.898. The standard InChI is InChI=1S/C26H27NO4/c1-19(16-17-21-10-5-3-6-11-21)27-25(28)20(2)30-26(29)22-12-9-15-24(18-22)31-23-13-7-4-8-14-23/h3-15,18-20H,16-17H2,1-2H3,(H,27,28)/t19-,20-/m0/s1. The lowest BCUT2D eigenvalue weighted by Crippen LogP contribution is -2.41. The largest absolute Gasteiger partial charge is 0.457 e. The van der Waals surface area contributed by atoms with Gasteiger partial charge in [-0.3, -0.25) is 4.79 Å². The highest BCUT2D eigenvalue weighted by atomic mass is 16.5. The third-order valence-electron chi connectivity index (χ3n) is 4.80. The van der Waals surface area contributed by atoms with E-state index in [1.807, 2.05) is 55.5 Å². The van der Waals surface area contributed by atoms with Crippen molar-refractivity contribution in [1.82, 2.24) is 5.32 Å². The molecule has 2 atom stereocenters. The van der Waals surface area contributed by atoms with Gasteiger partial charge in [0.05, 0.1) is 5.56 Å². The van der Waals surface area contributed by atoms with E-state index in [-0.39, 0.29) is 11.9 Å². The summed E-state index contributed by atoms with van der Waals surface area (Å²) in [6.07, 6.45) is 0.769. The molecule has 160 valence electrons. The van der Waals surface area contributed by atoms with E-state index in [1.54, 1.807) is 31.2 Å². The van der Waals surface area contributed by atoms with Crippen LogP contribution in [0.4, 0.5) is 0 Å². The van der Waals surface area contributed by atoms with Gasteiger partial charge in [0.25, 0.3) is 5.91 Å². The first-order valence-electron chi connectivity index (χ1n) is 10.4. The number of carbonyl (C=O) groups excluding carboxylic acids is 2. The third kappa shape index (κ3) is 7.00. The Morgan fingerprint density at radius 3 is 2.19 bits per heavy atom. The molecule has 3 rings (SSSR count). The highest BCUT2D eigenvalue weighted by molar-refractivity contribution is 5.92. The molecular formula is C26H27NO4. The molecule has 3 aromatic carbocycles. The maximum absolute atomic E-state index is 12.5. The zero-order chi connectivity index (χ0) is 22.1. The second kappa shape index (κ2) is 11.0. The molecule has 0 aliphatic carbocycles. The lowest BCUT2D eigenvalue weighted by molar-refractivity contribution is -0.129. The van der Waals surface area contributed by atoms with Gasteiger partial charge in [-0.05, 0) is 62.6 Å². The Labute approximate surface area is 183 Å². The number of esters is 1. The first-order chi connectivity index (χ1) is 15.0. The zero-order valence-electron chi connectivity index (χ0n) is 17.8. The maximum Gasteiger partial charge on any atom is 0.339 e. The van der Waals surface area contributed by atoms with Crippen molar-refractivity contribution in [2.24, 2.45) is 0 Å². The number of aryl methyl sites for hydroxylation is 1. The SMILES string of the molecule is C[C@H](OC(=O)c1cccc(Oc2ccccc2)c1)C(=O)N[C@@H](C)CCc1ccccc1. The van der Waals surface area contributed by atoms with Crippen LogP contribution in [0.2, 0.25) is 0 Å². The van der Waals surface area contributed by atoms with Gasteiger partial charge < -0.3 is 14.8 Å². The molecule has 0 heterocycles. The van der Waals surface area contributed by atoms with Crippen LogP contribution in [0.1, 0.15) is 36.2 Å². The lowest BCUT2D eigenvalue weighted by atomic mass is 10.1. The summed E-state index contributed by atoms with van der Waals surface area (Å²) in [4.78, 5) is 24.9. The van der Waals surface area contributed by atoms with Crippen LogP contribution < -0.4 is 10.1 Å². The Bertz CT molecular complexity index is 989. The predicted molar refractivity (Wildman–Crippen MR) is 120 cm³/mol. The number of hydrogen-bond donors (Lipinski definition) is 1. The fraction of sp³-hybridized carbons (Fsp3) is 0.231. The van der Waals surface area contributed by atoms with Gasteiger partial charge in [-0.2, -0.15) is 0 Å². The summed E-state index contributed by atoms with van der Waals surface area (Å²) >= 11 is 0. The van der Waals surface area contributed by atoms with Crippen LogP contribution in [0.3, 0.4) is 0 Å². The smallest absolute Gasteiger partial charge is 0.339 e. The molecule has 0 fully saturated rings. The fourth-order valence-electron chi connectivity index (χ4n) is 3.05. The summed E-state index contributed by atoms with van der Waals surface area (Å²) in [6, 6.07) is 26.1. The number of nitrogens with one attached hydrogen (secondary N) is 1. The summed E-state index contributed by atoms with van der Waals surface area (Å²) in [5.41, 5.74) is 1.55. The van der Waals surface area contributed by atoms with Gasteiger partial charge in [0, 0.05) is 6.04 Å². The van der Waals surface area contributed by atoms with Gasteiger partial charge in [-0.15, -0.1) is 0 Å². The molecule has 5 heteroatoms. The number of amides is 1. The molecule has 0 aliphatic rings. The van der Waals surface area contributed by atoms with Gasteiger partial charge in [-0.1, -0.05) is 54.6 Å². The predicted octanol–water partition coefficient (Wildman–Crippen LogP) is 5.16. The normalized spacial score (nSPS) is 12.5. The van der Waals surface area contributed by atoms with Crippen LogP contribution in [-0.2, 0) is 16.0 Å². The van der Waals surface area contributed by atoms with E-state index >= 15 is 0 Å². The number of ether oxygens (including phenoxy) is 2. The molecule has 0 spiro atoms. The first kappa shape index (κ1) is 22.1. The fourth-order valence-corrected chi connectivity index (χ4v) is 3.05. The molecule has 1 N–H and O–H groups in total. The summed E-state index contributed by atoms with van der Waals surface area (Å²) < 4.78 is 11.1. The van der Waals surface area contributed by atoms with Crippen molar-refractivity contribution in [2.45, 2.75) is 38.8 Å². The minimum absolute atomic E-state index is 0.0311. The number of hydrogen-bond acceptors (Lipinski definition) is 4. The lowest BCUT2D eigenvalue weighted by Gasteiger charge is -2.18. The van der Waals surface area contributed by atoms with Crippen molar-refractivity contribution in [1.29, 1.82) is 0 Å². The second-order valence-electron chi connectivity index (χ2n) is 7.42. The van der Waals surface area contributed by atoms with E-state index in [0.29, 0.717) is 17.1 Å². The van der Waals surface area contributed by atoms with Gasteiger partial charge >= 0.3 is 5.97 Å². The van der Waals surface area contributed by atoms with Crippen LogP contribution in [-0.4, -0.2) is 24.0 Å². The van der Waals surface area contributed by atoms with Gasteiger partial charge in [-0.25, -0.2) is 4.79 Å². The minimum Gasteiger partial charge on any atom is -0.457 e. The molecule has 0 saturated carbocycles. The van der Waals surface area contributed by atoms with Crippen LogP contribution in [0.15, 0.2) is 84.9 Å². The van der Waals surface area contributed by atoms with Gasteiger partial charge in [0.15, 0.2) is 6.10 Å². The summed E-state index contributed by atoms with van der Waals surface area (Å²) in [5, 5.41) is 2.91. The summed E-state index contributed by atoms with van der Waals surface area (Å²) in [6.45, 7) is 3.52. The Kier molecular flexibility index (Phi) is 7.82. The summed E-state index contributed by atoms with van der Waals surface area (Å²) in [5.74, 6) is 0.307. The Morgan fingerprint density at radius 2 is 1.48 bits per heavy atom. The molecule has 3 aromatic rings. The van der Waals surface area contributed by atoms with Crippen molar-refractivity contribution < 1.29 is 19.1 Å². The first-order valence-corrected chi connectivity index (χ1v) is 10.4. The average Bonchev–Trinajstić information content (AvgIpc) is 2.79. The highest BCUT2D eigenvalue weighted by Crippen LogP contribution is 2.22. The van der Waals surface area contributed by atoms with Crippen molar-refractivity contribution >= 4 is 11.9 Å². The van der Waals surface area contributed by atoms with E-state index in [2.05, 4.69) is 17.4 Å². The molecule has 0 saturated heterocycles. The number of carbonyl (C=O) groups is 2. The number of para-hydroxylation sites is 1. The summed E-state index contributed by atoms with van der Waals surface area (Å²) in [7, 11) is 0. The number of benzene rings is 3. The van der Waals surface area contributed by atoms with E-state index in [1.165, 1.54) is 5.56 Å². The quantitative estimate of drug-likeness (QED) is 0.488. The van der Waals surface area contributed by atoms with Crippen molar-refractivity contribution in [3.05, 3.63) is 96.1 Å². The molecular weight excluding hydrogens is 390 g/mol. The Balaban J connectivity index is 1.50. The zero-order valence-corrected chi connectivity index (χ0v) is 17.8. The van der Waals surface area contributed by atoms with E-state index in [0.717, 1.165) is 12.8 Å². The molecule has 0 unspecified atom stereocenters. The van der Waals surface area contributed by atoms with Gasteiger partial charge in [0.2, 0.25) is 0 Å². The topological polar surface area (TPSA) is 64.6 Å². The molecule has 5 nitrogen and oxygen atoms in total. The van der Waals surface area contributed by atoms with E-state index < -0.39 is 12.1 Å². The highest BCUT2D eigenvalue weighted by Gasteiger charge is 2.20. The molecule has 0 radical (unpaired) electrons. The van der Waals surface area contributed by atoms with Crippen LogP contribution in [0.25, 0.3) is 0 Å². The third-order valence-corrected chi connectivity index (χ3v) is 4.80. The molecule has 0 aliphatic heterocycles. The second-order valence-corrected chi connectivity index (χ2v) is 7.42. The molecule has 1 amide bonds. The van der Waals surface area contributed by atoms with Crippen molar-refractivity contribution in [3.63, 3.8) is 0 Å². The van der Waals surface area contributed by atoms with Crippen LogP contribution in [0, 0.1) is 0 Å². The Hall–Kier alpha value is -3.60. The molecule has 0 aromatic heterocycles. The van der Waals surface area contributed by atoms with E-state index in [9.17, 15) is 9.59 Å². The monoisotopic (exact) mass is 417 g/mol. The van der Waals surface area contributed by atoms with Crippen molar-refractivity contribution in [3.8, 4) is 11.5 Å². The Morgan fingerprint density at radius 1 is 0.839 bits per heavy atom. The average molecular weight is 418 g/mol. The van der Waals surface area contributed by atoms with Crippen molar-refractivity contribution in [2.75, 3.05) is 0 Å². The molecule has 0 bridgehead atoms. The van der Waals surface area contributed by atoms with E-state index in [4.69, 9.17) is 9.47 Å². The van der Waals surface area contributed by atoms with Gasteiger partial charge in [0.1, 0.15) is 11.5 Å².